The van der Waals surface area contributed by atoms with Crippen molar-refractivity contribution in [3.63, 3.8) is 0 Å². The molecule has 0 radical (unpaired) electrons. The Morgan fingerprint density at radius 2 is 2.03 bits per heavy atom. The molecule has 1 aliphatic rings. The summed E-state index contributed by atoms with van der Waals surface area (Å²) >= 11 is 6.00. The molecule has 1 aromatic heterocycles. The number of ketones is 1. The number of carbonyl (C=O) groups excluding carboxylic acids is 1. The van der Waals surface area contributed by atoms with E-state index in [1.54, 1.807) is 37.3 Å². The van der Waals surface area contributed by atoms with Crippen LogP contribution in [0.3, 0.4) is 0 Å². The first kappa shape index (κ1) is 26.6. The lowest BCUT2D eigenvalue weighted by molar-refractivity contribution is 0.0397. The van der Waals surface area contributed by atoms with Crippen molar-refractivity contribution in [3.8, 4) is 28.5 Å². The minimum Gasteiger partial charge on any atom is -0.493 e. The van der Waals surface area contributed by atoms with Crippen LogP contribution in [0.15, 0.2) is 48.5 Å². The van der Waals surface area contributed by atoms with E-state index in [-0.39, 0.29) is 36.9 Å². The number of aliphatic hydroxyl groups excluding tert-OH is 1. The largest absolute Gasteiger partial charge is 0.493 e. The van der Waals surface area contributed by atoms with Crippen molar-refractivity contribution in [1.82, 2.24) is 4.98 Å². The summed E-state index contributed by atoms with van der Waals surface area (Å²) in [6.07, 6.45) is 3.84. The first-order valence-corrected chi connectivity index (χ1v) is 12.1. The van der Waals surface area contributed by atoms with E-state index in [0.717, 1.165) is 0 Å². The average molecular weight is 528 g/mol. The van der Waals surface area contributed by atoms with Crippen LogP contribution in [-0.4, -0.2) is 47.9 Å². The minimum absolute atomic E-state index is 0.0375. The number of hydrogen-bond donors (Lipinski definition) is 2. The maximum absolute atomic E-state index is 13.8. The lowest BCUT2D eigenvalue weighted by Gasteiger charge is -2.26. The fourth-order valence-corrected chi connectivity index (χ4v) is 4.18. The van der Waals surface area contributed by atoms with Gasteiger partial charge in [0.15, 0.2) is 23.0 Å². The molecule has 0 fully saturated rings. The van der Waals surface area contributed by atoms with Gasteiger partial charge in [0, 0.05) is 23.1 Å². The Labute approximate surface area is 219 Å². The van der Waals surface area contributed by atoms with Crippen molar-refractivity contribution in [2.75, 3.05) is 26.9 Å². The topological polar surface area (TPSA) is 98.1 Å². The second-order valence-electron chi connectivity index (χ2n) is 8.75. The number of Topliss-reactive ketones (excluding diaryl/α,β-unsaturated/α-hetero) is 1. The molecule has 7 nitrogen and oxygen atoms in total. The van der Waals surface area contributed by atoms with Crippen molar-refractivity contribution in [2.45, 2.75) is 25.4 Å². The van der Waals surface area contributed by atoms with Gasteiger partial charge in [0.25, 0.3) is 0 Å². The second kappa shape index (κ2) is 11.3. The number of aromatic nitrogens is 1. The van der Waals surface area contributed by atoms with Gasteiger partial charge in [0.2, 0.25) is 0 Å². The number of pyridine rings is 1. The normalized spacial score (nSPS) is 13.9. The summed E-state index contributed by atoms with van der Waals surface area (Å²) in [6.45, 7) is 1.91. The molecule has 1 unspecified atom stereocenters. The van der Waals surface area contributed by atoms with E-state index in [4.69, 9.17) is 30.9 Å². The third-order valence-electron chi connectivity index (χ3n) is 6.04. The van der Waals surface area contributed by atoms with Crippen LogP contribution in [0, 0.1) is 5.82 Å². The molecule has 0 bridgehead atoms. The SMILES string of the molecule is COc1cc(C(=O)CCC(C)(O)c2cc3c(c(-c4ccc(F)c(Cl)c4)n2)OCC=C3)ccc1OCCO. The number of rotatable bonds is 10. The van der Waals surface area contributed by atoms with Crippen molar-refractivity contribution in [2.24, 2.45) is 0 Å². The number of fused-ring (bicyclic) bond motifs is 1. The summed E-state index contributed by atoms with van der Waals surface area (Å²) in [6, 6.07) is 10.8. The van der Waals surface area contributed by atoms with Gasteiger partial charge in [-0.3, -0.25) is 4.79 Å². The van der Waals surface area contributed by atoms with E-state index >= 15 is 0 Å². The molecule has 2 aromatic carbocycles. The number of ether oxygens (including phenoxy) is 3. The summed E-state index contributed by atoms with van der Waals surface area (Å²) in [4.78, 5) is 17.6. The molecule has 4 rings (SSSR count). The van der Waals surface area contributed by atoms with E-state index in [2.05, 4.69) is 4.98 Å². The first-order valence-electron chi connectivity index (χ1n) is 11.7. The number of halogens is 2. The van der Waals surface area contributed by atoms with Crippen molar-refractivity contribution >= 4 is 23.5 Å². The van der Waals surface area contributed by atoms with Crippen molar-refractivity contribution in [3.05, 3.63) is 76.2 Å². The lowest BCUT2D eigenvalue weighted by atomic mass is 9.91. The van der Waals surface area contributed by atoms with Gasteiger partial charge in [-0.15, -0.1) is 0 Å². The van der Waals surface area contributed by atoms with E-state index in [9.17, 15) is 14.3 Å². The van der Waals surface area contributed by atoms with Gasteiger partial charge >= 0.3 is 0 Å². The fourth-order valence-electron chi connectivity index (χ4n) is 4.00. The zero-order chi connectivity index (χ0) is 26.6. The Morgan fingerprint density at radius 3 is 2.76 bits per heavy atom. The molecule has 0 saturated carbocycles. The highest BCUT2D eigenvalue weighted by molar-refractivity contribution is 6.31. The van der Waals surface area contributed by atoms with E-state index < -0.39 is 11.4 Å². The number of aliphatic hydroxyl groups is 2. The van der Waals surface area contributed by atoms with Crippen molar-refractivity contribution in [1.29, 1.82) is 0 Å². The number of carbonyl (C=O) groups is 1. The third-order valence-corrected chi connectivity index (χ3v) is 6.33. The lowest BCUT2D eigenvalue weighted by Crippen LogP contribution is -2.25. The van der Waals surface area contributed by atoms with Crippen LogP contribution in [-0.2, 0) is 5.60 Å². The minimum atomic E-state index is -1.46. The van der Waals surface area contributed by atoms with Crippen LogP contribution < -0.4 is 14.2 Å². The zero-order valence-corrected chi connectivity index (χ0v) is 21.2. The highest BCUT2D eigenvalue weighted by atomic mass is 35.5. The van der Waals surface area contributed by atoms with Gasteiger partial charge < -0.3 is 24.4 Å². The number of benzene rings is 2. The van der Waals surface area contributed by atoms with E-state index in [0.29, 0.717) is 51.9 Å². The number of nitrogens with zero attached hydrogens (tertiary/aromatic N) is 1. The maximum atomic E-state index is 13.8. The van der Waals surface area contributed by atoms with E-state index in [1.165, 1.54) is 19.2 Å². The summed E-state index contributed by atoms with van der Waals surface area (Å²) in [5.41, 5.74) is 0.968. The van der Waals surface area contributed by atoms with Crippen LogP contribution in [0.5, 0.6) is 17.2 Å². The van der Waals surface area contributed by atoms with Crippen molar-refractivity contribution < 1.29 is 33.6 Å². The summed E-state index contributed by atoms with van der Waals surface area (Å²) in [5, 5.41) is 20.3. The van der Waals surface area contributed by atoms with E-state index in [1.807, 2.05) is 12.2 Å². The molecular weight excluding hydrogens is 501 g/mol. The molecule has 37 heavy (non-hydrogen) atoms. The quantitative estimate of drug-likeness (QED) is 0.350. The Kier molecular flexibility index (Phi) is 8.12. The predicted molar refractivity (Wildman–Crippen MR) is 138 cm³/mol. The molecule has 2 heterocycles. The van der Waals surface area contributed by atoms with Gasteiger partial charge in [-0.05, 0) is 61.9 Å². The molecule has 0 saturated heterocycles. The van der Waals surface area contributed by atoms with Gasteiger partial charge in [-0.25, -0.2) is 9.37 Å². The monoisotopic (exact) mass is 527 g/mol. The first-order chi connectivity index (χ1) is 17.7. The molecule has 194 valence electrons. The second-order valence-corrected chi connectivity index (χ2v) is 9.16. The summed E-state index contributed by atoms with van der Waals surface area (Å²) in [7, 11) is 1.46. The fraction of sp³-hybridized carbons (Fsp3) is 0.286. The number of methoxy groups -OCH3 is 1. The van der Waals surface area contributed by atoms with Gasteiger partial charge in [0.1, 0.15) is 30.3 Å². The molecule has 0 amide bonds. The van der Waals surface area contributed by atoms with Gasteiger partial charge in [-0.1, -0.05) is 17.7 Å². The van der Waals surface area contributed by atoms with Crippen LogP contribution in [0.1, 0.15) is 41.4 Å². The Hall–Kier alpha value is -3.46. The van der Waals surface area contributed by atoms with Crippen LogP contribution in [0.25, 0.3) is 17.3 Å². The zero-order valence-electron chi connectivity index (χ0n) is 20.5. The van der Waals surface area contributed by atoms with Crippen LogP contribution >= 0.6 is 11.6 Å². The average Bonchev–Trinajstić information content (AvgIpc) is 2.91. The number of hydrogen-bond acceptors (Lipinski definition) is 7. The Morgan fingerprint density at radius 1 is 1.22 bits per heavy atom. The predicted octanol–water partition coefficient (Wildman–Crippen LogP) is 5.20. The summed E-state index contributed by atoms with van der Waals surface area (Å²) in [5.74, 6) is 0.556. The molecule has 1 atom stereocenters. The third kappa shape index (κ3) is 5.93. The summed E-state index contributed by atoms with van der Waals surface area (Å²) < 4.78 is 30.3. The smallest absolute Gasteiger partial charge is 0.163 e. The highest BCUT2D eigenvalue weighted by Crippen LogP contribution is 2.39. The van der Waals surface area contributed by atoms with Crippen LogP contribution in [0.2, 0.25) is 5.02 Å². The highest BCUT2D eigenvalue weighted by Gasteiger charge is 2.29. The van der Waals surface area contributed by atoms with Crippen LogP contribution in [0.4, 0.5) is 4.39 Å². The Balaban J connectivity index is 1.59. The van der Waals surface area contributed by atoms with Gasteiger partial charge in [0.05, 0.1) is 24.4 Å². The molecular formula is C28H27ClFNO6. The Bertz CT molecular complexity index is 1340. The maximum Gasteiger partial charge on any atom is 0.163 e. The molecule has 9 heteroatoms. The molecule has 1 aliphatic heterocycles. The van der Waals surface area contributed by atoms with Gasteiger partial charge in [-0.2, -0.15) is 0 Å². The molecule has 3 aromatic rings. The standard InChI is InChI=1S/C28H27ClFNO6/c1-28(34,10-9-22(33)17-6-8-23(36-13-11-32)24(15-17)35-2)25-16-19-4-3-12-37-27(19)26(31-25)18-5-7-21(30)20(29)14-18/h3-8,14-16,32,34H,9-13H2,1-2H3. The molecule has 0 aliphatic carbocycles. The molecule has 2 N–H and O–H groups in total. The molecule has 0 spiro atoms.